The Morgan fingerprint density at radius 2 is 1.67 bits per heavy atom. The summed E-state index contributed by atoms with van der Waals surface area (Å²) in [5, 5.41) is 5.15. The van der Waals surface area contributed by atoms with E-state index in [9.17, 15) is 8.42 Å². The topological polar surface area (TPSA) is 86.2 Å². The Morgan fingerprint density at radius 1 is 1.00 bits per heavy atom. The average molecular weight is 342 g/mol. The minimum Gasteiger partial charge on any atom is -0.440 e. The van der Waals surface area contributed by atoms with Gasteiger partial charge in [0, 0.05) is 17.5 Å². The van der Waals surface area contributed by atoms with E-state index < -0.39 is 10.0 Å². The quantitative estimate of drug-likeness (QED) is 0.767. The number of benzene rings is 2. The standard InChI is InChI=1S/C18H18N2O3S/c1-2-6-16-20-17(13-7-4-3-5-8-13)18(23-16)14-9-11-15(12-10-14)24(19,21)22/h3-5,7-12H,2,6H2,1H3,(H2,19,21,22). The number of hydrogen-bond acceptors (Lipinski definition) is 4. The zero-order valence-electron chi connectivity index (χ0n) is 13.3. The van der Waals surface area contributed by atoms with Crippen LogP contribution in [0.1, 0.15) is 19.2 Å². The molecule has 2 aromatic carbocycles. The molecule has 0 saturated carbocycles. The molecule has 0 saturated heterocycles. The lowest BCUT2D eigenvalue weighted by molar-refractivity contribution is 0.503. The fraction of sp³-hybridized carbons (Fsp3) is 0.167. The molecule has 5 nitrogen and oxygen atoms in total. The van der Waals surface area contributed by atoms with E-state index in [0.717, 1.165) is 29.7 Å². The summed E-state index contributed by atoms with van der Waals surface area (Å²) in [7, 11) is -3.71. The van der Waals surface area contributed by atoms with Crippen molar-refractivity contribution in [3.63, 3.8) is 0 Å². The van der Waals surface area contributed by atoms with Crippen LogP contribution in [0.3, 0.4) is 0 Å². The molecular formula is C18H18N2O3S. The van der Waals surface area contributed by atoms with Crippen molar-refractivity contribution in [1.29, 1.82) is 0 Å². The Bertz CT molecular complexity index is 930. The lowest BCUT2D eigenvalue weighted by atomic mass is 10.1. The van der Waals surface area contributed by atoms with Crippen LogP contribution in [0.2, 0.25) is 0 Å². The fourth-order valence-corrected chi connectivity index (χ4v) is 2.98. The second-order valence-corrected chi connectivity index (χ2v) is 7.03. The number of sulfonamides is 1. The molecule has 1 aromatic heterocycles. The first kappa shape index (κ1) is 16.4. The molecule has 0 unspecified atom stereocenters. The van der Waals surface area contributed by atoms with Crippen molar-refractivity contribution in [3.05, 3.63) is 60.5 Å². The summed E-state index contributed by atoms with van der Waals surface area (Å²) in [5.74, 6) is 1.30. The number of primary sulfonamides is 1. The van der Waals surface area contributed by atoms with Crippen molar-refractivity contribution >= 4 is 10.0 Å². The summed E-state index contributed by atoms with van der Waals surface area (Å²) in [6.07, 6.45) is 1.67. The zero-order valence-corrected chi connectivity index (χ0v) is 14.1. The Labute approximate surface area is 141 Å². The van der Waals surface area contributed by atoms with Gasteiger partial charge in [0.25, 0.3) is 0 Å². The van der Waals surface area contributed by atoms with Gasteiger partial charge in [0.1, 0.15) is 5.69 Å². The molecule has 2 N–H and O–H groups in total. The minimum absolute atomic E-state index is 0.0702. The molecule has 24 heavy (non-hydrogen) atoms. The van der Waals surface area contributed by atoms with Crippen LogP contribution in [0.4, 0.5) is 0 Å². The van der Waals surface area contributed by atoms with Crippen LogP contribution in [0.15, 0.2) is 63.9 Å². The predicted molar refractivity (Wildman–Crippen MR) is 92.7 cm³/mol. The van der Waals surface area contributed by atoms with Crippen molar-refractivity contribution in [1.82, 2.24) is 4.98 Å². The predicted octanol–water partition coefficient (Wildman–Crippen LogP) is 3.61. The summed E-state index contributed by atoms with van der Waals surface area (Å²) in [6.45, 7) is 2.06. The van der Waals surface area contributed by atoms with E-state index in [0.29, 0.717) is 11.7 Å². The number of oxazole rings is 1. The third-order valence-corrected chi connectivity index (χ3v) is 4.56. The first-order valence-electron chi connectivity index (χ1n) is 7.67. The van der Waals surface area contributed by atoms with Crippen molar-refractivity contribution in [2.75, 3.05) is 0 Å². The number of nitrogens with two attached hydrogens (primary N) is 1. The van der Waals surface area contributed by atoms with Gasteiger partial charge in [-0.3, -0.25) is 0 Å². The summed E-state index contributed by atoms with van der Waals surface area (Å²) >= 11 is 0. The molecule has 1 heterocycles. The highest BCUT2D eigenvalue weighted by Crippen LogP contribution is 2.33. The molecule has 3 aromatic rings. The third-order valence-electron chi connectivity index (χ3n) is 3.63. The van der Waals surface area contributed by atoms with Gasteiger partial charge < -0.3 is 4.42 Å². The van der Waals surface area contributed by atoms with Gasteiger partial charge in [-0.1, -0.05) is 37.3 Å². The lowest BCUT2D eigenvalue weighted by Crippen LogP contribution is -2.11. The number of aryl methyl sites for hydroxylation is 1. The van der Waals surface area contributed by atoms with Crippen LogP contribution in [0, 0.1) is 0 Å². The second-order valence-electron chi connectivity index (χ2n) is 5.47. The maximum absolute atomic E-state index is 11.4. The molecule has 0 fully saturated rings. The van der Waals surface area contributed by atoms with Gasteiger partial charge in [-0.15, -0.1) is 0 Å². The van der Waals surface area contributed by atoms with Crippen LogP contribution in [0.25, 0.3) is 22.6 Å². The largest absolute Gasteiger partial charge is 0.440 e. The van der Waals surface area contributed by atoms with Crippen LogP contribution in [0.5, 0.6) is 0 Å². The molecular weight excluding hydrogens is 324 g/mol. The highest BCUT2D eigenvalue weighted by Gasteiger charge is 2.17. The molecule has 6 heteroatoms. The van der Waals surface area contributed by atoms with Gasteiger partial charge in [0.05, 0.1) is 4.90 Å². The van der Waals surface area contributed by atoms with E-state index in [1.165, 1.54) is 12.1 Å². The Balaban J connectivity index is 2.09. The normalized spacial score (nSPS) is 11.6. The van der Waals surface area contributed by atoms with Crippen molar-refractivity contribution in [3.8, 4) is 22.6 Å². The van der Waals surface area contributed by atoms with Crippen molar-refractivity contribution in [2.24, 2.45) is 5.14 Å². The van der Waals surface area contributed by atoms with Crippen LogP contribution < -0.4 is 5.14 Å². The van der Waals surface area contributed by atoms with Gasteiger partial charge in [-0.2, -0.15) is 0 Å². The first-order valence-corrected chi connectivity index (χ1v) is 9.22. The third kappa shape index (κ3) is 3.39. The molecule has 124 valence electrons. The van der Waals surface area contributed by atoms with Gasteiger partial charge in [-0.25, -0.2) is 18.5 Å². The second kappa shape index (κ2) is 6.59. The van der Waals surface area contributed by atoms with Crippen LogP contribution in [-0.2, 0) is 16.4 Å². The van der Waals surface area contributed by atoms with E-state index >= 15 is 0 Å². The molecule has 0 radical (unpaired) electrons. The summed E-state index contributed by atoms with van der Waals surface area (Å²) in [5.41, 5.74) is 2.47. The average Bonchev–Trinajstić information content (AvgIpc) is 2.99. The van der Waals surface area contributed by atoms with Gasteiger partial charge in [-0.05, 0) is 30.7 Å². The van der Waals surface area contributed by atoms with Crippen LogP contribution >= 0.6 is 0 Å². The van der Waals surface area contributed by atoms with E-state index in [1.54, 1.807) is 12.1 Å². The molecule has 3 rings (SSSR count). The SMILES string of the molecule is CCCc1nc(-c2ccccc2)c(-c2ccc(S(N)(=O)=O)cc2)o1. The maximum Gasteiger partial charge on any atom is 0.238 e. The zero-order chi connectivity index (χ0) is 17.2. The van der Waals surface area contributed by atoms with Crippen molar-refractivity contribution < 1.29 is 12.8 Å². The van der Waals surface area contributed by atoms with Crippen LogP contribution in [-0.4, -0.2) is 13.4 Å². The summed E-state index contributed by atoms with van der Waals surface area (Å²) in [6, 6.07) is 16.1. The summed E-state index contributed by atoms with van der Waals surface area (Å²) < 4.78 is 28.7. The van der Waals surface area contributed by atoms with E-state index in [2.05, 4.69) is 11.9 Å². The lowest BCUT2D eigenvalue weighted by Gasteiger charge is -2.03. The highest BCUT2D eigenvalue weighted by molar-refractivity contribution is 7.89. The van der Waals surface area contributed by atoms with Gasteiger partial charge >= 0.3 is 0 Å². The monoisotopic (exact) mass is 342 g/mol. The van der Waals surface area contributed by atoms with Crippen molar-refractivity contribution in [2.45, 2.75) is 24.7 Å². The van der Waals surface area contributed by atoms with E-state index in [-0.39, 0.29) is 4.90 Å². The molecule has 0 aliphatic carbocycles. The fourth-order valence-electron chi connectivity index (χ4n) is 2.47. The Morgan fingerprint density at radius 3 is 2.25 bits per heavy atom. The smallest absolute Gasteiger partial charge is 0.238 e. The molecule has 0 spiro atoms. The Kier molecular flexibility index (Phi) is 4.51. The number of rotatable bonds is 5. The minimum atomic E-state index is -3.71. The summed E-state index contributed by atoms with van der Waals surface area (Å²) in [4.78, 5) is 4.68. The number of nitrogens with zero attached hydrogens (tertiary/aromatic N) is 1. The molecule has 0 atom stereocenters. The van der Waals surface area contributed by atoms with Gasteiger partial charge in [0.15, 0.2) is 11.7 Å². The molecule has 0 amide bonds. The van der Waals surface area contributed by atoms with E-state index in [4.69, 9.17) is 9.56 Å². The number of hydrogen-bond donors (Lipinski definition) is 1. The first-order chi connectivity index (χ1) is 11.5. The maximum atomic E-state index is 11.4. The number of aromatic nitrogens is 1. The van der Waals surface area contributed by atoms with E-state index in [1.807, 2.05) is 30.3 Å². The molecule has 0 bridgehead atoms. The molecule has 0 aliphatic heterocycles. The van der Waals surface area contributed by atoms with Gasteiger partial charge in [0.2, 0.25) is 10.0 Å². The molecule has 0 aliphatic rings. The Hall–Kier alpha value is -2.44. The highest BCUT2D eigenvalue weighted by atomic mass is 32.2.